The molecule has 0 rings (SSSR count). The molecule has 0 bridgehead atoms. The summed E-state index contributed by atoms with van der Waals surface area (Å²) in [6, 6.07) is 0. The van der Waals surface area contributed by atoms with Crippen LogP contribution in [0.15, 0.2) is 0 Å². The Morgan fingerprint density at radius 1 is 1.00 bits per heavy atom. The van der Waals surface area contributed by atoms with E-state index in [0.29, 0.717) is 0 Å². The van der Waals surface area contributed by atoms with Gasteiger partial charge < -0.3 is 5.48 Å². The normalized spacial score (nSPS) is 0. The van der Waals surface area contributed by atoms with Gasteiger partial charge in [-0.25, -0.2) is 0 Å². The molecule has 0 saturated carbocycles. The minimum Gasteiger partial charge on any atom is -2.00 e. The zero-order chi connectivity index (χ0) is 0. The van der Waals surface area contributed by atoms with Crippen molar-refractivity contribution in [2.75, 3.05) is 0 Å². The van der Waals surface area contributed by atoms with Crippen molar-refractivity contribution in [1.82, 2.24) is 0 Å². The Bertz CT molecular complexity index is 8.00. The predicted molar refractivity (Wildman–Crippen MR) is 0.686 cm³/mol. The van der Waals surface area contributed by atoms with Crippen LogP contribution < -0.4 is 0 Å². The maximum Gasteiger partial charge on any atom is 3.00 e. The van der Waals surface area contributed by atoms with Crippen LogP contribution in [0.4, 0.5) is 0 Å². The minimum absolute atomic E-state index is 0. The Morgan fingerprint density at radius 2 is 1.00 bits per heavy atom. The summed E-state index contributed by atoms with van der Waals surface area (Å²) in [5.41, 5.74) is 0. The van der Waals surface area contributed by atoms with Crippen molar-refractivity contribution in [3.05, 3.63) is 0 Å². The van der Waals surface area contributed by atoms with Crippen LogP contribution in [0.2, 0.25) is 0 Å². The first-order chi connectivity index (χ1) is 0. The molecule has 0 amide bonds. The first-order valence-electron chi connectivity index (χ1n) is 0. The summed E-state index contributed by atoms with van der Waals surface area (Å²) in [6.07, 6.45) is 0. The van der Waals surface area contributed by atoms with Crippen LogP contribution in [0.25, 0.3) is 0 Å². The van der Waals surface area contributed by atoms with Gasteiger partial charge in [-0.2, -0.15) is 0 Å². The first kappa shape index (κ1) is 48.4. The molecule has 4 heteroatoms. The number of hydrogen-bond donors (Lipinski definition) is 0. The van der Waals surface area contributed by atoms with Gasteiger partial charge in [0.2, 0.25) is 0 Å². The van der Waals surface area contributed by atoms with Gasteiger partial charge >= 0.3 is 51.5 Å². The van der Waals surface area contributed by atoms with E-state index in [1.54, 1.807) is 0 Å². The smallest absolute Gasteiger partial charge is 2.00 e. The topological polar surface area (TPSA) is 28.5 Å². The molecular weight excluding hydrogens is 179 g/mol. The van der Waals surface area contributed by atoms with Crippen LogP contribution >= 0.6 is 0 Å². The van der Waals surface area contributed by atoms with E-state index in [9.17, 15) is 0 Å². The summed E-state index contributed by atoms with van der Waals surface area (Å²) < 4.78 is 0. The second-order valence-electron chi connectivity index (χ2n) is 0. The van der Waals surface area contributed by atoms with E-state index >= 15 is 0 Å². The zero-order valence-corrected chi connectivity index (χ0v) is 5.11. The average molecular weight is 179 g/mol. The van der Waals surface area contributed by atoms with Crippen LogP contribution in [0, 0.1) is 0 Å². The van der Waals surface area contributed by atoms with Crippen molar-refractivity contribution >= 4 is 0 Å². The van der Waals surface area contributed by atoms with Gasteiger partial charge in [0.25, 0.3) is 0 Å². The first-order valence-corrected chi connectivity index (χ1v) is 0. The van der Waals surface area contributed by atoms with Crippen molar-refractivity contribution in [1.29, 1.82) is 0 Å². The maximum atomic E-state index is 0. The molecule has 0 aliphatic rings. The Labute approximate surface area is 56.9 Å². The fourth-order valence-electron chi connectivity index (χ4n) is 0. The Balaban J connectivity index is 0. The van der Waals surface area contributed by atoms with Crippen LogP contribution in [-0.2, 0) is 57.0 Å². The SMILES string of the molecule is [Cr+3].[Fe+2].[Mn+2].[O-2]. The minimum atomic E-state index is 0. The summed E-state index contributed by atoms with van der Waals surface area (Å²) in [4.78, 5) is 0. The third-order valence-corrected chi connectivity index (χ3v) is 0. The summed E-state index contributed by atoms with van der Waals surface area (Å²) >= 11 is 0. The van der Waals surface area contributed by atoms with Crippen LogP contribution in [-0.4, -0.2) is 0 Å². The largest absolute Gasteiger partial charge is 3.00 e. The molecule has 0 spiro atoms. The van der Waals surface area contributed by atoms with Crippen LogP contribution in [0.3, 0.4) is 0 Å². The Hall–Kier alpha value is 1.53. The van der Waals surface area contributed by atoms with Crippen molar-refractivity contribution in [3.63, 3.8) is 0 Å². The maximum absolute atomic E-state index is 0. The predicted octanol–water partition coefficient (Wildman–Crippen LogP) is -0.126. The van der Waals surface area contributed by atoms with E-state index in [0.717, 1.165) is 0 Å². The molecule has 0 aromatic rings. The van der Waals surface area contributed by atoms with Gasteiger partial charge in [-0.3, -0.25) is 0 Å². The molecule has 0 aromatic carbocycles. The Morgan fingerprint density at radius 3 is 1.00 bits per heavy atom. The van der Waals surface area contributed by atoms with Gasteiger partial charge in [-0.1, -0.05) is 0 Å². The third kappa shape index (κ3) is 9.65. The zero-order valence-electron chi connectivity index (χ0n) is 1.55. The molecule has 0 unspecified atom stereocenters. The van der Waals surface area contributed by atoms with E-state index < -0.39 is 0 Å². The molecule has 22 valence electrons. The van der Waals surface area contributed by atoms with E-state index in [2.05, 4.69) is 0 Å². The van der Waals surface area contributed by atoms with Gasteiger partial charge in [-0.15, -0.1) is 0 Å². The summed E-state index contributed by atoms with van der Waals surface area (Å²) in [5, 5.41) is 0. The summed E-state index contributed by atoms with van der Waals surface area (Å²) in [6.45, 7) is 0. The molecule has 0 N–H and O–H groups in total. The molecule has 0 saturated heterocycles. The van der Waals surface area contributed by atoms with Crippen LogP contribution in [0.1, 0.15) is 0 Å². The molecule has 2 radical (unpaired) electrons. The van der Waals surface area contributed by atoms with E-state index in [1.807, 2.05) is 0 Å². The quantitative estimate of drug-likeness (QED) is 0.463. The third-order valence-electron chi connectivity index (χ3n) is 0. The van der Waals surface area contributed by atoms with Crippen molar-refractivity contribution in [2.45, 2.75) is 0 Å². The fraction of sp³-hybridized carbons (Fsp3) is 0. The molecule has 0 heterocycles. The second-order valence-corrected chi connectivity index (χ2v) is 0. The van der Waals surface area contributed by atoms with Gasteiger partial charge in [0, 0.05) is 0 Å². The monoisotopic (exact) mass is 179 g/mol. The molecule has 0 atom stereocenters. The average Bonchev–Trinajstić information content (AvgIpc) is 0. The second kappa shape index (κ2) is 24.1. The van der Waals surface area contributed by atoms with Crippen molar-refractivity contribution in [3.8, 4) is 0 Å². The molecule has 0 fully saturated rings. The molecule has 0 aliphatic carbocycles. The Kier molecular flexibility index (Phi) is 292. The van der Waals surface area contributed by atoms with E-state index in [4.69, 9.17) is 0 Å². The number of rotatable bonds is 0. The van der Waals surface area contributed by atoms with Gasteiger partial charge in [0.05, 0.1) is 0 Å². The molecule has 0 aliphatic heterocycles. The summed E-state index contributed by atoms with van der Waals surface area (Å²) in [5.74, 6) is 0. The molecule has 4 heavy (non-hydrogen) atoms. The van der Waals surface area contributed by atoms with Gasteiger partial charge in [0.1, 0.15) is 0 Å². The van der Waals surface area contributed by atoms with E-state index in [-0.39, 0.29) is 57.0 Å². The standard InChI is InChI=1S/Cr.Fe.Mn.O/q+3;2*+2;-2. The van der Waals surface area contributed by atoms with Crippen LogP contribution in [0.5, 0.6) is 0 Å². The fourth-order valence-corrected chi connectivity index (χ4v) is 0. The van der Waals surface area contributed by atoms with Crippen molar-refractivity contribution < 1.29 is 57.0 Å². The van der Waals surface area contributed by atoms with E-state index in [1.165, 1.54) is 0 Å². The molecule has 1 nitrogen and oxygen atoms in total. The van der Waals surface area contributed by atoms with Gasteiger partial charge in [0.15, 0.2) is 0 Å². The molecular formula is CrFeMnO+5. The van der Waals surface area contributed by atoms with Gasteiger partial charge in [-0.05, 0) is 0 Å². The number of hydrogen-bond acceptors (Lipinski definition) is 0. The molecule has 0 aromatic heterocycles. The summed E-state index contributed by atoms with van der Waals surface area (Å²) in [7, 11) is 0. The van der Waals surface area contributed by atoms with Crippen molar-refractivity contribution in [2.24, 2.45) is 0 Å².